The molecular formula is C23H30ClN5O2. The third-order valence-corrected chi connectivity index (χ3v) is 5.82. The van der Waals surface area contributed by atoms with Crippen LogP contribution in [0.5, 0.6) is 0 Å². The summed E-state index contributed by atoms with van der Waals surface area (Å²) in [6, 6.07) is 9.44. The van der Waals surface area contributed by atoms with Crippen LogP contribution in [0.15, 0.2) is 35.1 Å². The molecule has 0 bridgehead atoms. The van der Waals surface area contributed by atoms with Gasteiger partial charge in [-0.2, -0.15) is 5.10 Å². The van der Waals surface area contributed by atoms with Gasteiger partial charge in [0.05, 0.1) is 24.6 Å². The average Bonchev–Trinajstić information content (AvgIpc) is 3.11. The van der Waals surface area contributed by atoms with Crippen LogP contribution < -0.4 is 10.9 Å². The summed E-state index contributed by atoms with van der Waals surface area (Å²) in [7, 11) is 0. The molecule has 0 atom stereocenters. The van der Waals surface area contributed by atoms with Gasteiger partial charge in [-0.1, -0.05) is 32.4 Å². The van der Waals surface area contributed by atoms with Crippen molar-refractivity contribution < 1.29 is 4.74 Å². The molecule has 1 aromatic carbocycles. The lowest BCUT2D eigenvalue weighted by molar-refractivity contribution is 0.0384. The molecule has 3 heterocycles. The predicted molar refractivity (Wildman–Crippen MR) is 124 cm³/mol. The van der Waals surface area contributed by atoms with Crippen molar-refractivity contribution in [3.05, 3.63) is 57.0 Å². The molecular weight excluding hydrogens is 414 g/mol. The molecule has 4 rings (SSSR count). The highest BCUT2D eigenvalue weighted by Crippen LogP contribution is 2.30. The highest BCUT2D eigenvalue weighted by molar-refractivity contribution is 6.30. The fourth-order valence-corrected chi connectivity index (χ4v) is 3.98. The highest BCUT2D eigenvalue weighted by Gasteiger charge is 2.24. The number of fused-ring (bicyclic) bond motifs is 1. The van der Waals surface area contributed by atoms with Gasteiger partial charge >= 0.3 is 0 Å². The summed E-state index contributed by atoms with van der Waals surface area (Å²) in [5, 5.41) is 9.91. The van der Waals surface area contributed by atoms with Crippen molar-refractivity contribution in [3.63, 3.8) is 0 Å². The number of H-pyrrole nitrogens is 1. The molecule has 2 N–H and O–H groups in total. The molecule has 2 aromatic heterocycles. The van der Waals surface area contributed by atoms with Gasteiger partial charge in [0.1, 0.15) is 5.65 Å². The molecule has 166 valence electrons. The Balaban J connectivity index is 1.60. The van der Waals surface area contributed by atoms with E-state index in [1.165, 1.54) is 0 Å². The van der Waals surface area contributed by atoms with Crippen molar-refractivity contribution in [3.8, 4) is 5.69 Å². The van der Waals surface area contributed by atoms with E-state index < -0.39 is 0 Å². The second-order valence-corrected chi connectivity index (χ2v) is 9.44. The summed E-state index contributed by atoms with van der Waals surface area (Å²) in [6.07, 6.45) is 0. The third kappa shape index (κ3) is 5.01. The Labute approximate surface area is 187 Å². The molecule has 0 saturated carbocycles. The zero-order chi connectivity index (χ0) is 22.0. The first-order valence-corrected chi connectivity index (χ1v) is 11.1. The predicted octanol–water partition coefficient (Wildman–Crippen LogP) is 3.09. The lowest BCUT2D eigenvalue weighted by atomic mass is 9.90. The topological polar surface area (TPSA) is 75.2 Å². The van der Waals surface area contributed by atoms with Gasteiger partial charge in [-0.25, -0.2) is 4.68 Å². The van der Waals surface area contributed by atoms with Gasteiger partial charge in [0.2, 0.25) is 0 Å². The Hall–Kier alpha value is -2.19. The summed E-state index contributed by atoms with van der Waals surface area (Å²) in [4.78, 5) is 18.3. The van der Waals surface area contributed by atoms with Crippen LogP contribution in [0.4, 0.5) is 0 Å². The number of ether oxygens (including phenoxy) is 1. The van der Waals surface area contributed by atoms with E-state index in [2.05, 4.69) is 36.0 Å². The van der Waals surface area contributed by atoms with Gasteiger partial charge in [0.25, 0.3) is 5.56 Å². The summed E-state index contributed by atoms with van der Waals surface area (Å²) < 4.78 is 7.18. The first kappa shape index (κ1) is 22.0. The van der Waals surface area contributed by atoms with E-state index in [1.807, 2.05) is 30.3 Å². The maximum absolute atomic E-state index is 12.8. The Morgan fingerprint density at radius 1 is 1.19 bits per heavy atom. The van der Waals surface area contributed by atoms with Gasteiger partial charge < -0.3 is 15.0 Å². The fourth-order valence-electron chi connectivity index (χ4n) is 3.85. The van der Waals surface area contributed by atoms with Crippen LogP contribution in [0.3, 0.4) is 0 Å². The Bertz CT molecular complexity index is 1090. The van der Waals surface area contributed by atoms with Crippen LogP contribution in [0, 0.1) is 0 Å². The zero-order valence-electron chi connectivity index (χ0n) is 18.4. The van der Waals surface area contributed by atoms with Gasteiger partial charge in [-0.15, -0.1) is 0 Å². The van der Waals surface area contributed by atoms with Crippen LogP contribution >= 0.6 is 11.6 Å². The third-order valence-electron chi connectivity index (χ3n) is 5.57. The molecule has 8 heteroatoms. The van der Waals surface area contributed by atoms with E-state index in [0.717, 1.165) is 61.7 Å². The number of pyridine rings is 1. The normalized spacial score (nSPS) is 15.6. The van der Waals surface area contributed by atoms with Crippen LogP contribution in [0.25, 0.3) is 16.7 Å². The fraction of sp³-hybridized carbons (Fsp3) is 0.478. The molecule has 0 amide bonds. The van der Waals surface area contributed by atoms with Crippen LogP contribution in [-0.2, 0) is 16.7 Å². The molecule has 0 radical (unpaired) electrons. The van der Waals surface area contributed by atoms with E-state index >= 15 is 0 Å². The van der Waals surface area contributed by atoms with Crippen LogP contribution in [-0.4, -0.2) is 59.1 Å². The Morgan fingerprint density at radius 3 is 2.58 bits per heavy atom. The summed E-state index contributed by atoms with van der Waals surface area (Å²) in [5.41, 5.74) is 2.96. The van der Waals surface area contributed by atoms with E-state index in [1.54, 1.807) is 4.68 Å². The quantitative estimate of drug-likeness (QED) is 0.572. The molecule has 1 aliphatic heterocycles. The molecule has 0 unspecified atom stereocenters. The van der Waals surface area contributed by atoms with Gasteiger partial charge in [-0.3, -0.25) is 9.69 Å². The number of hydrogen-bond donors (Lipinski definition) is 2. The number of aromatic nitrogens is 3. The second kappa shape index (κ2) is 9.12. The van der Waals surface area contributed by atoms with Gasteiger partial charge in [0.15, 0.2) is 0 Å². The van der Waals surface area contributed by atoms with E-state index in [0.29, 0.717) is 17.2 Å². The molecule has 31 heavy (non-hydrogen) atoms. The highest BCUT2D eigenvalue weighted by atomic mass is 35.5. The number of benzene rings is 1. The SMILES string of the molecule is CC(C)(C)c1nn(-c2ccc(Cl)cc2)c2[nH]c(=O)c(CNCCN3CCOCC3)cc12. The molecule has 1 fully saturated rings. The van der Waals surface area contributed by atoms with Crippen LogP contribution in [0.2, 0.25) is 5.02 Å². The van der Waals surface area contributed by atoms with Crippen molar-refractivity contribution in [2.24, 2.45) is 0 Å². The minimum atomic E-state index is -0.171. The summed E-state index contributed by atoms with van der Waals surface area (Å²) >= 11 is 6.05. The van der Waals surface area contributed by atoms with Crippen molar-refractivity contribution in [2.45, 2.75) is 32.7 Å². The number of aromatic amines is 1. The Kier molecular flexibility index (Phi) is 6.48. The monoisotopic (exact) mass is 443 g/mol. The Morgan fingerprint density at radius 2 is 1.90 bits per heavy atom. The molecule has 1 aliphatic rings. The number of hydrogen-bond acceptors (Lipinski definition) is 5. The van der Waals surface area contributed by atoms with E-state index in [9.17, 15) is 4.79 Å². The second-order valence-electron chi connectivity index (χ2n) is 9.00. The largest absolute Gasteiger partial charge is 0.379 e. The molecule has 1 saturated heterocycles. The van der Waals surface area contributed by atoms with Crippen molar-refractivity contribution in [1.82, 2.24) is 25.0 Å². The standard InChI is InChI=1S/C23H30ClN5O2/c1-23(2,3)20-19-14-16(15-25-8-9-28-10-12-31-13-11-28)22(30)26-21(19)29(27-20)18-6-4-17(24)5-7-18/h4-7,14,25H,8-13,15H2,1-3H3,(H,26,30). The van der Waals surface area contributed by atoms with Gasteiger partial charge in [0, 0.05) is 54.1 Å². The minimum Gasteiger partial charge on any atom is -0.379 e. The first-order valence-electron chi connectivity index (χ1n) is 10.7. The lowest BCUT2D eigenvalue weighted by Crippen LogP contribution is -2.40. The molecule has 0 aliphatic carbocycles. The van der Waals surface area contributed by atoms with Crippen LogP contribution in [0.1, 0.15) is 32.0 Å². The van der Waals surface area contributed by atoms with E-state index in [4.69, 9.17) is 21.4 Å². The lowest BCUT2D eigenvalue weighted by Gasteiger charge is -2.26. The average molecular weight is 444 g/mol. The van der Waals surface area contributed by atoms with E-state index in [-0.39, 0.29) is 11.0 Å². The zero-order valence-corrected chi connectivity index (χ0v) is 19.1. The van der Waals surface area contributed by atoms with Gasteiger partial charge in [-0.05, 0) is 30.3 Å². The maximum Gasteiger partial charge on any atom is 0.254 e. The number of rotatable bonds is 6. The molecule has 0 spiro atoms. The van der Waals surface area contributed by atoms with Crippen molar-refractivity contribution in [2.75, 3.05) is 39.4 Å². The maximum atomic E-state index is 12.8. The van der Waals surface area contributed by atoms with Crippen molar-refractivity contribution >= 4 is 22.6 Å². The summed E-state index contributed by atoms with van der Waals surface area (Å²) in [6.45, 7) is 12.2. The molecule has 7 nitrogen and oxygen atoms in total. The number of morpholine rings is 1. The first-order chi connectivity index (χ1) is 14.8. The van der Waals surface area contributed by atoms with Crippen molar-refractivity contribution in [1.29, 1.82) is 0 Å². The number of nitrogens with one attached hydrogen (secondary N) is 2. The summed E-state index contributed by atoms with van der Waals surface area (Å²) in [5.74, 6) is 0. The number of halogens is 1. The smallest absolute Gasteiger partial charge is 0.254 e. The minimum absolute atomic E-state index is 0.0954. The molecule has 3 aromatic rings. The number of nitrogens with zero attached hydrogens (tertiary/aromatic N) is 3.